The number of hydrogen-bond acceptors (Lipinski definition) is 3. The third-order valence-corrected chi connectivity index (χ3v) is 6.29. The summed E-state index contributed by atoms with van der Waals surface area (Å²) in [6, 6.07) is -0.0580. The largest absolute Gasteiger partial charge is 0.299 e. The second-order valence-corrected chi connectivity index (χ2v) is 7.82. The first-order valence-corrected chi connectivity index (χ1v) is 7.98. The van der Waals surface area contributed by atoms with Crippen LogP contribution in [0.15, 0.2) is 0 Å². The van der Waals surface area contributed by atoms with Crippen LogP contribution in [0, 0.1) is 5.92 Å². The summed E-state index contributed by atoms with van der Waals surface area (Å²) in [5, 5.41) is -0.389. The molecule has 98 valence electrons. The van der Waals surface area contributed by atoms with Crippen molar-refractivity contribution in [1.29, 1.82) is 0 Å². The number of carbonyl (C=O) groups excluding carboxylic acids is 1. The molecule has 2 rings (SSSR count). The maximum atomic E-state index is 12.2. The van der Waals surface area contributed by atoms with Crippen molar-refractivity contribution in [2.75, 3.05) is 6.54 Å². The molecule has 0 amide bonds. The van der Waals surface area contributed by atoms with E-state index in [4.69, 9.17) is 0 Å². The lowest BCUT2D eigenvalue weighted by Crippen LogP contribution is -2.44. The molecule has 0 spiro atoms. The average molecular weight is 259 g/mol. The molecule has 1 saturated carbocycles. The third kappa shape index (κ3) is 2.27. The van der Waals surface area contributed by atoms with Gasteiger partial charge in [-0.05, 0) is 39.5 Å². The lowest BCUT2D eigenvalue weighted by molar-refractivity contribution is -0.121. The average Bonchev–Trinajstić information content (AvgIpc) is 2.84. The van der Waals surface area contributed by atoms with Crippen LogP contribution in [-0.2, 0) is 14.8 Å². The van der Waals surface area contributed by atoms with Crippen molar-refractivity contribution in [3.8, 4) is 0 Å². The van der Waals surface area contributed by atoms with E-state index in [9.17, 15) is 13.2 Å². The topological polar surface area (TPSA) is 54.5 Å². The lowest BCUT2D eigenvalue weighted by atomic mass is 9.96. The molecule has 0 N–H and O–H groups in total. The summed E-state index contributed by atoms with van der Waals surface area (Å²) in [6.45, 7) is 4.01. The van der Waals surface area contributed by atoms with Crippen molar-refractivity contribution in [2.45, 2.75) is 57.2 Å². The predicted octanol–water partition coefficient (Wildman–Crippen LogP) is 1.56. The SMILES string of the molecule is CC(C)S(=O)(=O)N1CCCC1C1CCCC1=O. The molecule has 0 aromatic heterocycles. The molecule has 0 aromatic carbocycles. The summed E-state index contributed by atoms with van der Waals surface area (Å²) in [4.78, 5) is 11.8. The second-order valence-electron chi connectivity index (χ2n) is 5.38. The van der Waals surface area contributed by atoms with Crippen molar-refractivity contribution in [2.24, 2.45) is 5.92 Å². The molecule has 1 aliphatic heterocycles. The molecule has 2 atom stereocenters. The molecule has 1 aliphatic carbocycles. The first kappa shape index (κ1) is 13.0. The summed E-state index contributed by atoms with van der Waals surface area (Å²) in [5.41, 5.74) is 0. The molecule has 0 radical (unpaired) electrons. The number of nitrogens with zero attached hydrogens (tertiary/aromatic N) is 1. The normalized spacial score (nSPS) is 31.6. The Morgan fingerprint density at radius 2 is 1.94 bits per heavy atom. The number of rotatable bonds is 3. The van der Waals surface area contributed by atoms with Crippen LogP contribution in [-0.4, -0.2) is 36.3 Å². The van der Waals surface area contributed by atoms with E-state index in [-0.39, 0.29) is 23.0 Å². The molecule has 5 heteroatoms. The highest BCUT2D eigenvalue weighted by Crippen LogP contribution is 2.35. The van der Waals surface area contributed by atoms with Gasteiger partial charge in [0.2, 0.25) is 10.0 Å². The van der Waals surface area contributed by atoms with Gasteiger partial charge in [0.25, 0.3) is 0 Å². The van der Waals surface area contributed by atoms with Gasteiger partial charge in [0.05, 0.1) is 5.25 Å². The van der Waals surface area contributed by atoms with Crippen molar-refractivity contribution in [3.05, 3.63) is 0 Å². The number of ketones is 1. The predicted molar refractivity (Wildman–Crippen MR) is 66.1 cm³/mol. The van der Waals surface area contributed by atoms with E-state index < -0.39 is 10.0 Å². The van der Waals surface area contributed by atoms with Gasteiger partial charge in [-0.3, -0.25) is 4.79 Å². The smallest absolute Gasteiger partial charge is 0.216 e. The van der Waals surface area contributed by atoms with Crippen molar-refractivity contribution >= 4 is 15.8 Å². The summed E-state index contributed by atoms with van der Waals surface area (Å²) >= 11 is 0. The molecule has 17 heavy (non-hydrogen) atoms. The minimum atomic E-state index is -3.21. The van der Waals surface area contributed by atoms with E-state index in [1.165, 1.54) is 0 Å². The van der Waals surface area contributed by atoms with Crippen LogP contribution in [0.5, 0.6) is 0 Å². The molecule has 2 fully saturated rings. The Kier molecular flexibility index (Phi) is 3.59. The van der Waals surface area contributed by atoms with E-state index in [2.05, 4.69) is 0 Å². The van der Waals surface area contributed by atoms with Gasteiger partial charge in [0.15, 0.2) is 0 Å². The number of carbonyl (C=O) groups is 1. The molecule has 0 aromatic rings. The monoisotopic (exact) mass is 259 g/mol. The van der Waals surface area contributed by atoms with Gasteiger partial charge in [-0.2, -0.15) is 4.31 Å². The Hall–Kier alpha value is -0.420. The summed E-state index contributed by atoms with van der Waals surface area (Å²) < 4.78 is 26.0. The van der Waals surface area contributed by atoms with Gasteiger partial charge in [0.1, 0.15) is 5.78 Å². The summed E-state index contributed by atoms with van der Waals surface area (Å²) in [6.07, 6.45) is 4.17. The van der Waals surface area contributed by atoms with Crippen molar-refractivity contribution in [3.63, 3.8) is 0 Å². The Morgan fingerprint density at radius 3 is 2.47 bits per heavy atom. The number of hydrogen-bond donors (Lipinski definition) is 0. The minimum absolute atomic E-state index is 0.0361. The first-order valence-electron chi connectivity index (χ1n) is 6.48. The van der Waals surface area contributed by atoms with Crippen LogP contribution in [0.2, 0.25) is 0 Å². The zero-order valence-corrected chi connectivity index (χ0v) is 11.4. The Morgan fingerprint density at radius 1 is 1.24 bits per heavy atom. The fraction of sp³-hybridized carbons (Fsp3) is 0.917. The van der Waals surface area contributed by atoms with Gasteiger partial charge in [0, 0.05) is 24.9 Å². The minimum Gasteiger partial charge on any atom is -0.299 e. The molecule has 2 unspecified atom stereocenters. The van der Waals surface area contributed by atoms with E-state index in [1.807, 2.05) is 0 Å². The third-order valence-electron chi connectivity index (χ3n) is 3.99. The van der Waals surface area contributed by atoms with Crippen LogP contribution < -0.4 is 0 Å². The zero-order chi connectivity index (χ0) is 12.6. The zero-order valence-electron chi connectivity index (χ0n) is 10.6. The quantitative estimate of drug-likeness (QED) is 0.773. The first-order chi connectivity index (χ1) is 7.94. The lowest BCUT2D eigenvalue weighted by Gasteiger charge is -2.29. The van der Waals surface area contributed by atoms with Gasteiger partial charge in [-0.15, -0.1) is 0 Å². The van der Waals surface area contributed by atoms with Crippen LogP contribution in [0.25, 0.3) is 0 Å². The second kappa shape index (κ2) is 4.69. The van der Waals surface area contributed by atoms with E-state index in [0.29, 0.717) is 13.0 Å². The molecule has 2 aliphatic rings. The fourth-order valence-electron chi connectivity index (χ4n) is 3.00. The maximum Gasteiger partial charge on any atom is 0.216 e. The van der Waals surface area contributed by atoms with Crippen molar-refractivity contribution in [1.82, 2.24) is 4.31 Å². The standard InChI is InChI=1S/C12H21NO3S/c1-9(2)17(15,16)13-8-4-6-11(13)10-5-3-7-12(10)14/h9-11H,3-8H2,1-2H3. The van der Waals surface area contributed by atoms with Crippen molar-refractivity contribution < 1.29 is 13.2 Å². The van der Waals surface area contributed by atoms with Crippen LogP contribution >= 0.6 is 0 Å². The highest BCUT2D eigenvalue weighted by molar-refractivity contribution is 7.89. The molecule has 1 saturated heterocycles. The number of sulfonamides is 1. The Labute approximate surface area is 103 Å². The highest BCUT2D eigenvalue weighted by Gasteiger charge is 2.43. The van der Waals surface area contributed by atoms with Gasteiger partial charge < -0.3 is 0 Å². The van der Waals surface area contributed by atoms with E-state index in [1.54, 1.807) is 18.2 Å². The van der Waals surface area contributed by atoms with Crippen LogP contribution in [0.3, 0.4) is 0 Å². The maximum absolute atomic E-state index is 12.2. The fourth-order valence-corrected chi connectivity index (χ4v) is 4.56. The van der Waals surface area contributed by atoms with Gasteiger partial charge in [-0.1, -0.05) is 0 Å². The Balaban J connectivity index is 2.21. The molecular formula is C12H21NO3S. The molecular weight excluding hydrogens is 238 g/mol. The van der Waals surface area contributed by atoms with Crippen LogP contribution in [0.4, 0.5) is 0 Å². The van der Waals surface area contributed by atoms with Gasteiger partial charge >= 0.3 is 0 Å². The molecule has 4 nitrogen and oxygen atoms in total. The van der Waals surface area contributed by atoms with Gasteiger partial charge in [-0.25, -0.2) is 8.42 Å². The summed E-state index contributed by atoms with van der Waals surface area (Å²) in [5.74, 6) is 0.229. The number of Topliss-reactive ketones (excluding diaryl/α,β-unsaturated/α-hetero) is 1. The molecule has 1 heterocycles. The summed E-state index contributed by atoms with van der Waals surface area (Å²) in [7, 11) is -3.21. The van der Waals surface area contributed by atoms with Crippen LogP contribution in [0.1, 0.15) is 46.0 Å². The Bertz CT molecular complexity index is 402. The highest BCUT2D eigenvalue weighted by atomic mass is 32.2. The van der Waals surface area contributed by atoms with E-state index >= 15 is 0 Å². The molecule has 0 bridgehead atoms. The van der Waals surface area contributed by atoms with E-state index in [0.717, 1.165) is 25.7 Å².